The maximum atomic E-state index is 13.2. The topological polar surface area (TPSA) is 85.1 Å². The van der Waals surface area contributed by atoms with Gasteiger partial charge in [-0.2, -0.15) is 5.10 Å². The molecule has 1 aliphatic heterocycles. The van der Waals surface area contributed by atoms with Crippen LogP contribution in [0.3, 0.4) is 0 Å². The maximum Gasteiger partial charge on any atom is 0.274 e. The minimum atomic E-state index is -0.158. The summed E-state index contributed by atoms with van der Waals surface area (Å²) >= 11 is 0. The van der Waals surface area contributed by atoms with Gasteiger partial charge in [-0.15, -0.1) is 0 Å². The van der Waals surface area contributed by atoms with E-state index in [0.717, 1.165) is 17.8 Å². The minimum Gasteiger partial charge on any atom is -0.336 e. The molecule has 0 saturated carbocycles. The number of hydrogen-bond donors (Lipinski definition) is 1. The molecule has 0 spiro atoms. The Bertz CT molecular complexity index is 1050. The summed E-state index contributed by atoms with van der Waals surface area (Å²) in [5, 5.41) is 9.01. The van der Waals surface area contributed by atoms with E-state index in [1.807, 2.05) is 40.9 Å². The average molecular weight is 366 g/mol. The number of rotatable bonds is 3. The van der Waals surface area contributed by atoms with Crippen LogP contribution in [-0.4, -0.2) is 49.8 Å². The van der Waals surface area contributed by atoms with Crippen LogP contribution in [0.2, 0.25) is 0 Å². The number of carbonyl (C=O) groups is 1. The van der Waals surface area contributed by atoms with Crippen molar-refractivity contribution in [1.82, 2.24) is 29.5 Å². The van der Waals surface area contributed by atoms with Crippen LogP contribution >= 0.6 is 0 Å². The first-order valence-corrected chi connectivity index (χ1v) is 8.98. The van der Waals surface area contributed by atoms with Gasteiger partial charge in [0.1, 0.15) is 11.9 Å². The fourth-order valence-electron chi connectivity index (χ4n) is 3.68. The van der Waals surface area contributed by atoms with Crippen molar-refractivity contribution >= 4 is 16.7 Å². The number of fused-ring (bicyclic) bond motifs is 1. The fourth-order valence-corrected chi connectivity index (χ4v) is 3.68. The molecule has 4 rings (SSSR count). The van der Waals surface area contributed by atoms with Crippen LogP contribution in [0.25, 0.3) is 10.8 Å². The number of amides is 1. The number of carbonyl (C=O) groups excluding carboxylic acids is 1. The molecule has 27 heavy (non-hydrogen) atoms. The lowest BCUT2D eigenvalue weighted by atomic mass is 10.1. The summed E-state index contributed by atoms with van der Waals surface area (Å²) in [6.07, 6.45) is 3.78. The van der Waals surface area contributed by atoms with Gasteiger partial charge < -0.3 is 14.8 Å². The van der Waals surface area contributed by atoms with Gasteiger partial charge in [-0.1, -0.05) is 18.2 Å². The quantitative estimate of drug-likeness (QED) is 0.725. The van der Waals surface area contributed by atoms with Crippen LogP contribution in [-0.2, 0) is 25.3 Å². The van der Waals surface area contributed by atoms with E-state index in [1.165, 1.54) is 4.68 Å². The molecule has 1 amide bonds. The molecule has 8 nitrogen and oxygen atoms in total. The van der Waals surface area contributed by atoms with E-state index in [9.17, 15) is 9.59 Å². The Balaban J connectivity index is 1.67. The molecule has 0 aliphatic carbocycles. The molecule has 1 atom stereocenters. The zero-order valence-electron chi connectivity index (χ0n) is 15.4. The van der Waals surface area contributed by atoms with E-state index < -0.39 is 0 Å². The van der Waals surface area contributed by atoms with Gasteiger partial charge in [-0.05, 0) is 6.07 Å². The second-order valence-electron chi connectivity index (χ2n) is 6.80. The van der Waals surface area contributed by atoms with E-state index in [2.05, 4.69) is 15.4 Å². The Labute approximate surface area is 156 Å². The average Bonchev–Trinajstić information content (AvgIpc) is 3.11. The summed E-state index contributed by atoms with van der Waals surface area (Å²) in [7, 11) is 3.55. The third kappa shape index (κ3) is 3.12. The molecule has 1 fully saturated rings. The van der Waals surface area contributed by atoms with E-state index in [-0.39, 0.29) is 23.9 Å². The number of aryl methyl sites for hydroxylation is 2. The van der Waals surface area contributed by atoms with E-state index in [1.54, 1.807) is 19.3 Å². The van der Waals surface area contributed by atoms with Crippen molar-refractivity contribution in [2.75, 3.05) is 19.6 Å². The monoisotopic (exact) mass is 366 g/mol. The second-order valence-corrected chi connectivity index (χ2v) is 6.80. The highest BCUT2D eigenvalue weighted by molar-refractivity contribution is 5.88. The van der Waals surface area contributed by atoms with Gasteiger partial charge >= 0.3 is 0 Å². The molecule has 8 heteroatoms. The van der Waals surface area contributed by atoms with Gasteiger partial charge in [0.15, 0.2) is 0 Å². The first kappa shape index (κ1) is 17.4. The number of imidazole rings is 1. The molecule has 2 aromatic heterocycles. The number of aromatic nitrogens is 4. The normalized spacial score (nSPS) is 17.4. The van der Waals surface area contributed by atoms with Crippen LogP contribution in [0, 0.1) is 0 Å². The number of benzene rings is 1. The SMILES string of the molecule is Cn1ccnc1C1CNCCN1C(=O)Cc1nn(C)c(=O)c2ccccc12. The van der Waals surface area contributed by atoms with Gasteiger partial charge in [0.25, 0.3) is 5.56 Å². The van der Waals surface area contributed by atoms with Crippen LogP contribution in [0.4, 0.5) is 0 Å². The summed E-state index contributed by atoms with van der Waals surface area (Å²) in [5.74, 6) is 0.842. The summed E-state index contributed by atoms with van der Waals surface area (Å²) in [4.78, 5) is 31.7. The number of piperazine rings is 1. The Hall–Kier alpha value is -3.00. The lowest BCUT2D eigenvalue weighted by molar-refractivity contribution is -0.134. The Morgan fingerprint density at radius 2 is 2.04 bits per heavy atom. The van der Waals surface area contributed by atoms with Crippen molar-refractivity contribution in [3.8, 4) is 0 Å². The smallest absolute Gasteiger partial charge is 0.274 e. The van der Waals surface area contributed by atoms with E-state index in [4.69, 9.17) is 0 Å². The summed E-state index contributed by atoms with van der Waals surface area (Å²) in [6, 6.07) is 7.18. The first-order valence-electron chi connectivity index (χ1n) is 8.98. The van der Waals surface area contributed by atoms with Crippen molar-refractivity contribution in [2.24, 2.45) is 14.1 Å². The summed E-state index contributed by atoms with van der Waals surface area (Å²) < 4.78 is 3.25. The standard InChI is InChI=1S/C19H22N6O2/c1-23-9-8-21-18(23)16-12-20-7-10-25(16)17(26)11-15-13-5-3-4-6-14(13)19(27)24(2)22-15/h3-6,8-9,16,20H,7,10-12H2,1-2H3. The molecule has 1 aliphatic rings. The molecule has 0 bridgehead atoms. The number of hydrogen-bond acceptors (Lipinski definition) is 5. The predicted octanol–water partition coefficient (Wildman–Crippen LogP) is 0.383. The summed E-state index contributed by atoms with van der Waals surface area (Å²) in [6.45, 7) is 2.02. The predicted molar refractivity (Wildman–Crippen MR) is 101 cm³/mol. The van der Waals surface area contributed by atoms with E-state index in [0.29, 0.717) is 24.2 Å². The minimum absolute atomic E-state index is 0.0131. The van der Waals surface area contributed by atoms with Crippen molar-refractivity contribution in [3.05, 3.63) is 58.5 Å². The van der Waals surface area contributed by atoms with Crippen molar-refractivity contribution in [3.63, 3.8) is 0 Å². The molecular weight excluding hydrogens is 344 g/mol. The Morgan fingerprint density at radius 3 is 2.78 bits per heavy atom. The highest BCUT2D eigenvalue weighted by Crippen LogP contribution is 2.22. The Morgan fingerprint density at radius 1 is 1.26 bits per heavy atom. The van der Waals surface area contributed by atoms with Crippen molar-refractivity contribution in [2.45, 2.75) is 12.5 Å². The van der Waals surface area contributed by atoms with E-state index >= 15 is 0 Å². The van der Waals surface area contributed by atoms with Gasteiger partial charge in [0.2, 0.25) is 5.91 Å². The molecule has 1 unspecified atom stereocenters. The maximum absolute atomic E-state index is 13.2. The van der Waals surface area contributed by atoms with Gasteiger partial charge in [-0.3, -0.25) is 9.59 Å². The highest BCUT2D eigenvalue weighted by atomic mass is 16.2. The van der Waals surface area contributed by atoms with Crippen LogP contribution < -0.4 is 10.9 Å². The first-order chi connectivity index (χ1) is 13.1. The lowest BCUT2D eigenvalue weighted by Crippen LogP contribution is -2.50. The highest BCUT2D eigenvalue weighted by Gasteiger charge is 2.30. The van der Waals surface area contributed by atoms with Crippen LogP contribution in [0.15, 0.2) is 41.5 Å². The Kier molecular flexibility index (Phi) is 4.49. The second kappa shape index (κ2) is 6.96. The molecule has 1 N–H and O–H groups in total. The van der Waals surface area contributed by atoms with Crippen molar-refractivity contribution < 1.29 is 4.79 Å². The molecule has 0 radical (unpaired) electrons. The third-order valence-corrected chi connectivity index (χ3v) is 5.07. The molecule has 1 saturated heterocycles. The van der Waals surface area contributed by atoms with Crippen LogP contribution in [0.1, 0.15) is 17.6 Å². The largest absolute Gasteiger partial charge is 0.336 e. The third-order valence-electron chi connectivity index (χ3n) is 5.07. The molecule has 1 aromatic carbocycles. The number of nitrogens with zero attached hydrogens (tertiary/aromatic N) is 5. The molecule has 3 heterocycles. The van der Waals surface area contributed by atoms with Gasteiger partial charge in [-0.25, -0.2) is 9.67 Å². The molecule has 3 aromatic rings. The van der Waals surface area contributed by atoms with Gasteiger partial charge in [0.05, 0.1) is 17.5 Å². The zero-order valence-corrected chi connectivity index (χ0v) is 15.4. The molecule has 140 valence electrons. The lowest BCUT2D eigenvalue weighted by Gasteiger charge is -2.35. The molecular formula is C19H22N6O2. The summed E-state index contributed by atoms with van der Waals surface area (Å²) in [5.41, 5.74) is 0.463. The zero-order chi connectivity index (χ0) is 19.0. The van der Waals surface area contributed by atoms with Crippen LogP contribution in [0.5, 0.6) is 0 Å². The fraction of sp³-hybridized carbons (Fsp3) is 0.368. The van der Waals surface area contributed by atoms with Crippen molar-refractivity contribution in [1.29, 1.82) is 0 Å². The number of nitrogens with one attached hydrogen (secondary N) is 1. The van der Waals surface area contributed by atoms with Gasteiger partial charge in [0, 0.05) is 51.5 Å².